The van der Waals surface area contributed by atoms with Gasteiger partial charge in [-0.3, -0.25) is 4.98 Å². The molecule has 2 aromatic heterocycles. The largest absolute Gasteiger partial charge is 0.254 e. The maximum absolute atomic E-state index is 5.19. The molecule has 0 amide bonds. The summed E-state index contributed by atoms with van der Waals surface area (Å²) in [7, 11) is 0. The number of fused-ring (bicyclic) bond motifs is 17. The van der Waals surface area contributed by atoms with Crippen LogP contribution in [0.4, 0.5) is 0 Å². The topological polar surface area (TPSA) is 25.8 Å². The van der Waals surface area contributed by atoms with Gasteiger partial charge in [0.25, 0.3) is 0 Å². The fraction of sp³-hybridized carbons (Fsp3) is 0.0222. The third-order valence-electron chi connectivity index (χ3n) is 10.7. The monoisotopic (exact) mass is 594 g/mol. The highest BCUT2D eigenvalue weighted by molar-refractivity contribution is 6.11. The molecule has 1 spiro atoms. The second-order valence-electron chi connectivity index (χ2n) is 12.9. The number of aromatic nitrogens is 2. The van der Waals surface area contributed by atoms with Crippen molar-refractivity contribution in [2.75, 3.05) is 0 Å². The van der Waals surface area contributed by atoms with Crippen molar-refractivity contribution in [3.63, 3.8) is 0 Å². The third-order valence-corrected chi connectivity index (χ3v) is 10.7. The lowest BCUT2D eigenvalue weighted by molar-refractivity contribution is 0.802. The van der Waals surface area contributed by atoms with Gasteiger partial charge in [-0.25, -0.2) is 4.98 Å². The first-order valence-corrected chi connectivity index (χ1v) is 16.2. The number of pyridine rings is 2. The predicted octanol–water partition coefficient (Wildman–Crippen LogP) is 11.1. The first kappa shape index (κ1) is 25.1. The lowest BCUT2D eigenvalue weighted by atomic mass is 9.69. The van der Waals surface area contributed by atoms with Gasteiger partial charge in [0.1, 0.15) is 0 Å². The standard InChI is InChI=1S/C45H26N2/c1-2-10-32-27(8-1)19-23-39-41(32)36-22-17-30-26-31(40-24-20-29-16-15-28-9-7-25-46-43(28)44(29)47-40)18-21-33(30)42(36)45(39)37-13-5-3-11-34(37)35-12-4-6-14-38(35)45/h1-26H. The molecule has 47 heavy (non-hydrogen) atoms. The average molecular weight is 595 g/mol. The molecule has 0 fully saturated rings. The molecule has 0 unspecified atom stereocenters. The Morgan fingerprint density at radius 3 is 1.96 bits per heavy atom. The fourth-order valence-electron chi connectivity index (χ4n) is 8.79. The van der Waals surface area contributed by atoms with Crippen LogP contribution >= 0.6 is 0 Å². The zero-order valence-corrected chi connectivity index (χ0v) is 25.4. The van der Waals surface area contributed by atoms with E-state index in [9.17, 15) is 0 Å². The molecule has 7 aromatic carbocycles. The van der Waals surface area contributed by atoms with Crippen molar-refractivity contribution in [1.29, 1.82) is 0 Å². The second-order valence-corrected chi connectivity index (χ2v) is 12.9. The smallest absolute Gasteiger partial charge is 0.0972 e. The van der Waals surface area contributed by atoms with Crippen LogP contribution in [0.25, 0.3) is 76.9 Å². The molecule has 0 bridgehead atoms. The summed E-state index contributed by atoms with van der Waals surface area (Å²) in [6.07, 6.45) is 1.85. The second kappa shape index (κ2) is 8.99. The Labute approximate surface area is 271 Å². The molecular weight excluding hydrogens is 569 g/mol. The number of hydrogen-bond donors (Lipinski definition) is 0. The zero-order valence-electron chi connectivity index (χ0n) is 25.4. The van der Waals surface area contributed by atoms with Gasteiger partial charge in [-0.1, -0.05) is 133 Å². The maximum atomic E-state index is 5.19. The van der Waals surface area contributed by atoms with Crippen molar-refractivity contribution in [3.05, 3.63) is 180 Å². The number of hydrogen-bond acceptors (Lipinski definition) is 2. The van der Waals surface area contributed by atoms with Crippen molar-refractivity contribution in [2.45, 2.75) is 5.41 Å². The van der Waals surface area contributed by atoms with Crippen LogP contribution in [0.2, 0.25) is 0 Å². The van der Waals surface area contributed by atoms with Crippen LogP contribution in [0.3, 0.4) is 0 Å². The van der Waals surface area contributed by atoms with Gasteiger partial charge >= 0.3 is 0 Å². The summed E-state index contributed by atoms with van der Waals surface area (Å²) in [5.41, 5.74) is 14.3. The Bertz CT molecular complexity index is 2760. The van der Waals surface area contributed by atoms with Crippen molar-refractivity contribution < 1.29 is 0 Å². The molecule has 0 atom stereocenters. The van der Waals surface area contributed by atoms with E-state index in [4.69, 9.17) is 4.98 Å². The van der Waals surface area contributed by atoms with Crippen LogP contribution in [0.5, 0.6) is 0 Å². The maximum Gasteiger partial charge on any atom is 0.0972 e. The van der Waals surface area contributed by atoms with Crippen LogP contribution in [0.15, 0.2) is 158 Å². The average Bonchev–Trinajstić information content (AvgIpc) is 3.62. The quantitative estimate of drug-likeness (QED) is 0.177. The normalized spacial score (nSPS) is 13.7. The Balaban J connectivity index is 1.22. The molecule has 0 radical (unpaired) electrons. The summed E-state index contributed by atoms with van der Waals surface area (Å²) in [4.78, 5) is 9.88. The Hall–Kier alpha value is -6.12. The van der Waals surface area contributed by atoms with Gasteiger partial charge in [0.2, 0.25) is 0 Å². The molecule has 11 rings (SSSR count). The van der Waals surface area contributed by atoms with Crippen LogP contribution in [-0.4, -0.2) is 9.97 Å². The van der Waals surface area contributed by atoms with Gasteiger partial charge in [0, 0.05) is 22.5 Å². The zero-order chi connectivity index (χ0) is 30.7. The minimum Gasteiger partial charge on any atom is -0.254 e. The van der Waals surface area contributed by atoms with Crippen LogP contribution < -0.4 is 0 Å². The molecule has 0 saturated heterocycles. The molecule has 0 N–H and O–H groups in total. The molecule has 2 aliphatic carbocycles. The molecular formula is C45H26N2. The summed E-state index contributed by atoms with van der Waals surface area (Å²) in [6, 6.07) is 55.9. The molecule has 2 heteroatoms. The summed E-state index contributed by atoms with van der Waals surface area (Å²) >= 11 is 0. The highest BCUT2D eigenvalue weighted by atomic mass is 14.8. The van der Waals surface area contributed by atoms with E-state index in [1.165, 1.54) is 66.1 Å². The Morgan fingerprint density at radius 2 is 1.11 bits per heavy atom. The van der Waals surface area contributed by atoms with Crippen LogP contribution in [0, 0.1) is 0 Å². The van der Waals surface area contributed by atoms with Gasteiger partial charge in [-0.15, -0.1) is 0 Å². The highest BCUT2D eigenvalue weighted by Gasteiger charge is 2.52. The van der Waals surface area contributed by atoms with E-state index in [0.29, 0.717) is 0 Å². The van der Waals surface area contributed by atoms with Crippen molar-refractivity contribution in [2.24, 2.45) is 0 Å². The highest BCUT2D eigenvalue weighted by Crippen LogP contribution is 2.65. The minimum absolute atomic E-state index is 0.408. The van der Waals surface area contributed by atoms with Crippen molar-refractivity contribution in [1.82, 2.24) is 9.97 Å². The molecule has 2 nitrogen and oxygen atoms in total. The number of rotatable bonds is 1. The van der Waals surface area contributed by atoms with Crippen LogP contribution in [-0.2, 0) is 5.41 Å². The van der Waals surface area contributed by atoms with Gasteiger partial charge < -0.3 is 0 Å². The van der Waals surface area contributed by atoms with Crippen molar-refractivity contribution in [3.8, 4) is 33.5 Å². The third kappa shape index (κ3) is 3.15. The summed E-state index contributed by atoms with van der Waals surface area (Å²) in [5.74, 6) is 0. The van der Waals surface area contributed by atoms with E-state index in [1.807, 2.05) is 12.3 Å². The van der Waals surface area contributed by atoms with E-state index in [2.05, 4.69) is 151 Å². The molecule has 9 aromatic rings. The summed E-state index contributed by atoms with van der Waals surface area (Å²) in [6.45, 7) is 0. The molecule has 0 aliphatic heterocycles. The van der Waals surface area contributed by atoms with Gasteiger partial charge in [-0.2, -0.15) is 0 Å². The summed E-state index contributed by atoms with van der Waals surface area (Å²) < 4.78 is 0. The first-order valence-electron chi connectivity index (χ1n) is 16.2. The Kier molecular flexibility index (Phi) is 4.80. The van der Waals surface area contributed by atoms with E-state index in [1.54, 1.807) is 0 Å². The lowest BCUT2D eigenvalue weighted by Gasteiger charge is -2.31. The molecule has 2 heterocycles. The van der Waals surface area contributed by atoms with Gasteiger partial charge in [0.05, 0.1) is 22.1 Å². The minimum atomic E-state index is -0.408. The van der Waals surface area contributed by atoms with E-state index >= 15 is 0 Å². The predicted molar refractivity (Wildman–Crippen MR) is 194 cm³/mol. The van der Waals surface area contributed by atoms with E-state index in [0.717, 1.165) is 33.1 Å². The van der Waals surface area contributed by atoms with Gasteiger partial charge in [-0.05, 0) is 84.3 Å². The summed E-state index contributed by atoms with van der Waals surface area (Å²) in [5, 5.41) is 7.29. The molecule has 2 aliphatic rings. The van der Waals surface area contributed by atoms with E-state index < -0.39 is 5.41 Å². The lowest BCUT2D eigenvalue weighted by Crippen LogP contribution is -2.26. The van der Waals surface area contributed by atoms with Crippen LogP contribution in [0.1, 0.15) is 22.3 Å². The number of nitrogens with zero attached hydrogens (tertiary/aromatic N) is 2. The van der Waals surface area contributed by atoms with Gasteiger partial charge in [0.15, 0.2) is 0 Å². The molecule has 0 saturated carbocycles. The van der Waals surface area contributed by atoms with Crippen molar-refractivity contribution >= 4 is 43.4 Å². The number of benzene rings is 7. The SMILES string of the molecule is c1ccc2c(c1)-c1ccccc1C21c2ccc3ccccc3c2-c2ccc3cc(-c4ccc5ccc6cccnc6c5n4)ccc3c21. The first-order chi connectivity index (χ1) is 23.3. The Morgan fingerprint density at radius 1 is 0.426 bits per heavy atom. The molecule has 216 valence electrons. The van der Waals surface area contributed by atoms with E-state index in [-0.39, 0.29) is 0 Å². The fourth-order valence-corrected chi connectivity index (χ4v) is 8.79.